The largest absolute Gasteiger partial charge is 0.444 e. The van der Waals surface area contributed by atoms with Crippen LogP contribution in [0, 0.1) is 17.3 Å². The lowest BCUT2D eigenvalue weighted by Gasteiger charge is -2.27. The number of nitrogens with zero attached hydrogens (tertiary/aromatic N) is 1. The highest BCUT2D eigenvalue weighted by atomic mass is 16.6. The average Bonchev–Trinajstić information content (AvgIpc) is 2.75. The van der Waals surface area contributed by atoms with Crippen LogP contribution in [0.3, 0.4) is 0 Å². The summed E-state index contributed by atoms with van der Waals surface area (Å²) in [5.74, 6) is 1.27. The molecule has 1 N–H and O–H groups in total. The van der Waals surface area contributed by atoms with E-state index in [-0.39, 0.29) is 5.91 Å². The highest BCUT2D eigenvalue weighted by molar-refractivity contribution is 5.85. The molecule has 0 aromatic heterocycles. The second-order valence-electron chi connectivity index (χ2n) is 7.68. The zero-order valence-electron chi connectivity index (χ0n) is 14.0. The molecule has 0 bridgehead atoms. The van der Waals surface area contributed by atoms with Crippen LogP contribution in [0.25, 0.3) is 0 Å². The van der Waals surface area contributed by atoms with Crippen molar-refractivity contribution in [2.45, 2.75) is 59.6 Å². The minimum atomic E-state index is -0.551. The van der Waals surface area contributed by atoms with Gasteiger partial charge >= 0.3 is 6.09 Å². The predicted octanol–water partition coefficient (Wildman–Crippen LogP) is 2.40. The Balaban J connectivity index is 1.81. The maximum absolute atomic E-state index is 12.4. The van der Waals surface area contributed by atoms with Gasteiger partial charge in [0, 0.05) is 13.1 Å². The Bertz CT molecular complexity index is 429. The highest BCUT2D eigenvalue weighted by Crippen LogP contribution is 2.64. The third-order valence-corrected chi connectivity index (χ3v) is 5.08. The van der Waals surface area contributed by atoms with Crippen molar-refractivity contribution >= 4 is 12.0 Å². The molecule has 21 heavy (non-hydrogen) atoms. The molecule has 0 aromatic carbocycles. The number of carbonyl (C=O) groups excluding carboxylic acids is 2. The van der Waals surface area contributed by atoms with Crippen molar-refractivity contribution in [2.75, 3.05) is 13.1 Å². The van der Waals surface area contributed by atoms with Gasteiger partial charge in [0.2, 0.25) is 5.91 Å². The summed E-state index contributed by atoms with van der Waals surface area (Å²) in [7, 11) is 0. The number of alkyl carbamates (subject to hydrolysis) is 1. The summed E-state index contributed by atoms with van der Waals surface area (Å²) in [5.41, 5.74) is -0.121. The van der Waals surface area contributed by atoms with Crippen LogP contribution in [0.5, 0.6) is 0 Å². The van der Waals surface area contributed by atoms with Crippen LogP contribution in [0.15, 0.2) is 0 Å². The van der Waals surface area contributed by atoms with Crippen molar-refractivity contribution in [3.8, 4) is 0 Å². The van der Waals surface area contributed by atoms with Crippen LogP contribution in [-0.2, 0) is 9.53 Å². The number of carbonyl (C=O) groups is 2. The number of ether oxygens (including phenoxy) is 1. The van der Waals surface area contributed by atoms with E-state index in [1.54, 1.807) is 27.7 Å². The molecule has 2 aliphatic rings. The number of amides is 2. The molecule has 0 aromatic rings. The van der Waals surface area contributed by atoms with Crippen LogP contribution >= 0.6 is 0 Å². The minimum absolute atomic E-state index is 0.00786. The normalized spacial score (nSPS) is 32.4. The first-order valence-electron chi connectivity index (χ1n) is 7.87. The fraction of sp³-hybridized carbons (Fsp3) is 0.875. The van der Waals surface area contributed by atoms with E-state index < -0.39 is 17.7 Å². The van der Waals surface area contributed by atoms with Gasteiger partial charge in [-0.05, 0) is 44.9 Å². The summed E-state index contributed by atoms with van der Waals surface area (Å²) in [5, 5.41) is 2.63. The molecule has 0 radical (unpaired) electrons. The molecule has 1 aliphatic carbocycles. The van der Waals surface area contributed by atoms with Gasteiger partial charge in [-0.1, -0.05) is 20.3 Å². The minimum Gasteiger partial charge on any atom is -0.444 e. The van der Waals surface area contributed by atoms with E-state index in [4.69, 9.17) is 4.74 Å². The van der Waals surface area contributed by atoms with Gasteiger partial charge in [0.1, 0.15) is 11.6 Å². The summed E-state index contributed by atoms with van der Waals surface area (Å²) in [6, 6.07) is -0.537. The molecule has 1 saturated carbocycles. The van der Waals surface area contributed by atoms with Gasteiger partial charge in [0.15, 0.2) is 0 Å². The van der Waals surface area contributed by atoms with E-state index in [1.165, 1.54) is 6.42 Å². The Morgan fingerprint density at radius 3 is 2.29 bits per heavy atom. The summed E-state index contributed by atoms with van der Waals surface area (Å²) >= 11 is 0. The van der Waals surface area contributed by atoms with E-state index in [1.807, 2.05) is 4.90 Å². The Kier molecular flexibility index (Phi) is 3.98. The van der Waals surface area contributed by atoms with Crippen LogP contribution in [-0.4, -0.2) is 41.6 Å². The van der Waals surface area contributed by atoms with Gasteiger partial charge in [-0.25, -0.2) is 4.79 Å². The molecule has 2 rings (SSSR count). The third-order valence-electron chi connectivity index (χ3n) is 5.08. The Hall–Kier alpha value is -1.26. The molecule has 1 saturated heterocycles. The number of piperidine rings is 1. The summed E-state index contributed by atoms with van der Waals surface area (Å²) < 4.78 is 5.18. The first kappa shape index (κ1) is 16.1. The molecule has 3 atom stereocenters. The van der Waals surface area contributed by atoms with Crippen molar-refractivity contribution < 1.29 is 14.3 Å². The number of fused-ring (bicyclic) bond motifs is 1. The fourth-order valence-corrected chi connectivity index (χ4v) is 3.51. The van der Waals surface area contributed by atoms with E-state index >= 15 is 0 Å². The van der Waals surface area contributed by atoms with Gasteiger partial charge < -0.3 is 15.0 Å². The second kappa shape index (κ2) is 5.18. The van der Waals surface area contributed by atoms with Crippen LogP contribution in [0.2, 0.25) is 0 Å². The van der Waals surface area contributed by atoms with E-state index in [2.05, 4.69) is 19.2 Å². The molecular formula is C16H28N2O3. The maximum Gasteiger partial charge on any atom is 0.408 e. The van der Waals surface area contributed by atoms with Crippen molar-refractivity contribution in [3.63, 3.8) is 0 Å². The first-order chi connectivity index (χ1) is 9.58. The molecule has 120 valence electrons. The van der Waals surface area contributed by atoms with E-state index in [0.717, 1.165) is 13.1 Å². The monoisotopic (exact) mass is 296 g/mol. The zero-order chi connectivity index (χ0) is 16.0. The third kappa shape index (κ3) is 3.16. The molecule has 5 heteroatoms. The molecule has 1 aliphatic heterocycles. The SMILES string of the molecule is CCC1(C)C2CN(C(=O)[C@@H](C)NC(=O)OC(C)(C)C)CC21. The lowest BCUT2D eigenvalue weighted by atomic mass is 9.99. The fourth-order valence-electron chi connectivity index (χ4n) is 3.51. The maximum atomic E-state index is 12.4. The number of nitrogens with one attached hydrogen (secondary N) is 1. The number of likely N-dealkylation sites (tertiary alicyclic amines) is 1. The van der Waals surface area contributed by atoms with Gasteiger partial charge in [-0.15, -0.1) is 0 Å². The van der Waals surface area contributed by atoms with E-state index in [9.17, 15) is 9.59 Å². The molecule has 2 amide bonds. The lowest BCUT2D eigenvalue weighted by molar-refractivity contribution is -0.132. The smallest absolute Gasteiger partial charge is 0.408 e. The summed E-state index contributed by atoms with van der Waals surface area (Å²) in [6.07, 6.45) is 0.641. The Morgan fingerprint density at radius 1 is 1.33 bits per heavy atom. The molecule has 0 spiro atoms. The molecular weight excluding hydrogens is 268 g/mol. The van der Waals surface area contributed by atoms with Crippen molar-refractivity contribution in [1.29, 1.82) is 0 Å². The number of hydrogen-bond acceptors (Lipinski definition) is 3. The summed E-state index contributed by atoms with van der Waals surface area (Å²) in [6.45, 7) is 13.3. The Morgan fingerprint density at radius 2 is 1.86 bits per heavy atom. The van der Waals surface area contributed by atoms with Gasteiger partial charge in [0.25, 0.3) is 0 Å². The Labute approximate surface area is 127 Å². The van der Waals surface area contributed by atoms with E-state index in [0.29, 0.717) is 17.3 Å². The van der Waals surface area contributed by atoms with Gasteiger partial charge in [0.05, 0.1) is 0 Å². The lowest BCUT2D eigenvalue weighted by Crippen LogP contribution is -2.48. The van der Waals surface area contributed by atoms with Crippen LogP contribution in [0.1, 0.15) is 48.0 Å². The topological polar surface area (TPSA) is 58.6 Å². The highest BCUT2D eigenvalue weighted by Gasteiger charge is 2.64. The van der Waals surface area contributed by atoms with Gasteiger partial charge in [-0.2, -0.15) is 0 Å². The van der Waals surface area contributed by atoms with Crippen molar-refractivity contribution in [3.05, 3.63) is 0 Å². The molecule has 5 nitrogen and oxygen atoms in total. The number of rotatable bonds is 3. The molecule has 2 unspecified atom stereocenters. The number of hydrogen-bond donors (Lipinski definition) is 1. The van der Waals surface area contributed by atoms with Crippen LogP contribution < -0.4 is 5.32 Å². The molecule has 1 heterocycles. The quantitative estimate of drug-likeness (QED) is 0.870. The predicted molar refractivity (Wildman–Crippen MR) is 80.8 cm³/mol. The van der Waals surface area contributed by atoms with Crippen LogP contribution in [0.4, 0.5) is 4.79 Å². The average molecular weight is 296 g/mol. The zero-order valence-corrected chi connectivity index (χ0v) is 14.0. The molecule has 2 fully saturated rings. The van der Waals surface area contributed by atoms with Crippen molar-refractivity contribution in [2.24, 2.45) is 17.3 Å². The first-order valence-corrected chi connectivity index (χ1v) is 7.87. The second-order valence-corrected chi connectivity index (χ2v) is 7.68. The van der Waals surface area contributed by atoms with Crippen molar-refractivity contribution in [1.82, 2.24) is 10.2 Å². The standard InChI is InChI=1S/C16H28N2O3/c1-7-16(6)11-8-18(9-12(11)16)13(19)10(2)17-14(20)21-15(3,4)5/h10-12H,7-9H2,1-6H3,(H,17,20)/t10-,11?,12?,16?/m1/s1. The summed E-state index contributed by atoms with van der Waals surface area (Å²) in [4.78, 5) is 26.0. The van der Waals surface area contributed by atoms with Gasteiger partial charge in [-0.3, -0.25) is 4.79 Å².